The Bertz CT molecular complexity index is 499. The average Bonchev–Trinajstić information content (AvgIpc) is 2.39. The molecule has 104 valence electrons. The summed E-state index contributed by atoms with van der Waals surface area (Å²) < 4.78 is 9.53. The molecule has 0 bridgehead atoms. The minimum absolute atomic E-state index is 0.0389. The van der Waals surface area contributed by atoms with Crippen LogP contribution in [0.1, 0.15) is 15.9 Å². The lowest BCUT2D eigenvalue weighted by Gasteiger charge is -2.13. The first-order chi connectivity index (χ1) is 8.90. The van der Waals surface area contributed by atoms with Gasteiger partial charge in [-0.3, -0.25) is 4.79 Å². The minimum atomic E-state index is -1.17. The third kappa shape index (κ3) is 3.35. The molecule has 19 heavy (non-hydrogen) atoms. The van der Waals surface area contributed by atoms with Gasteiger partial charge in [0, 0.05) is 12.5 Å². The number of methoxy groups -OCH3 is 2. The standard InChI is InChI=1S/C12H15NO6/c1-18-10-5-9(14)7(12(17)19-2)3-6(10)4-8(13)11(15)16/h3,5,8,14H,4,13H2,1-2H3,(H,15,16). The van der Waals surface area contributed by atoms with Crippen molar-refractivity contribution in [2.75, 3.05) is 14.2 Å². The van der Waals surface area contributed by atoms with Gasteiger partial charge in [-0.2, -0.15) is 0 Å². The number of carboxylic acid groups (broad SMARTS) is 1. The third-order valence-corrected chi connectivity index (χ3v) is 2.56. The molecule has 1 rings (SSSR count). The Hall–Kier alpha value is -2.28. The highest BCUT2D eigenvalue weighted by atomic mass is 16.5. The summed E-state index contributed by atoms with van der Waals surface area (Å²) in [5.74, 6) is -1.96. The molecular formula is C12H15NO6. The lowest BCUT2D eigenvalue weighted by atomic mass is 10.0. The van der Waals surface area contributed by atoms with Gasteiger partial charge in [-0.15, -0.1) is 0 Å². The highest BCUT2D eigenvalue weighted by molar-refractivity contribution is 5.93. The Labute approximate surface area is 109 Å². The molecule has 0 amide bonds. The van der Waals surface area contributed by atoms with Crippen LogP contribution < -0.4 is 10.5 Å². The fourth-order valence-electron chi connectivity index (χ4n) is 1.56. The number of rotatable bonds is 5. The lowest BCUT2D eigenvalue weighted by molar-refractivity contribution is -0.138. The monoisotopic (exact) mass is 269 g/mol. The van der Waals surface area contributed by atoms with E-state index in [0.717, 1.165) is 0 Å². The van der Waals surface area contributed by atoms with E-state index in [-0.39, 0.29) is 23.5 Å². The molecule has 0 aromatic heterocycles. The summed E-state index contributed by atoms with van der Waals surface area (Å²) >= 11 is 0. The molecule has 0 aliphatic heterocycles. The maximum Gasteiger partial charge on any atom is 0.341 e. The minimum Gasteiger partial charge on any atom is -0.507 e. The van der Waals surface area contributed by atoms with Gasteiger partial charge in [0.1, 0.15) is 23.1 Å². The molecule has 4 N–H and O–H groups in total. The molecule has 0 heterocycles. The van der Waals surface area contributed by atoms with Gasteiger partial charge in [-0.05, 0) is 11.6 Å². The summed E-state index contributed by atoms with van der Waals surface area (Å²) in [6.07, 6.45) is -0.0389. The number of benzene rings is 1. The maximum absolute atomic E-state index is 11.4. The van der Waals surface area contributed by atoms with Crippen molar-refractivity contribution in [2.45, 2.75) is 12.5 Å². The van der Waals surface area contributed by atoms with Gasteiger partial charge >= 0.3 is 11.9 Å². The van der Waals surface area contributed by atoms with E-state index in [9.17, 15) is 14.7 Å². The van der Waals surface area contributed by atoms with Gasteiger partial charge in [0.05, 0.1) is 14.2 Å². The molecule has 0 spiro atoms. The number of ether oxygens (including phenoxy) is 2. The number of carboxylic acids is 1. The zero-order valence-electron chi connectivity index (χ0n) is 10.5. The van der Waals surface area contributed by atoms with Crippen molar-refractivity contribution in [3.8, 4) is 11.5 Å². The molecule has 0 saturated carbocycles. The molecule has 0 aliphatic rings. The van der Waals surface area contributed by atoms with E-state index < -0.39 is 18.0 Å². The van der Waals surface area contributed by atoms with E-state index in [1.807, 2.05) is 0 Å². The van der Waals surface area contributed by atoms with Crippen molar-refractivity contribution < 1.29 is 29.3 Å². The SMILES string of the molecule is COC(=O)c1cc(CC(N)C(=O)O)c(OC)cc1O. The number of carbonyl (C=O) groups is 2. The van der Waals surface area contributed by atoms with E-state index in [1.165, 1.54) is 26.4 Å². The van der Waals surface area contributed by atoms with Crippen molar-refractivity contribution >= 4 is 11.9 Å². The number of phenols is 1. The van der Waals surface area contributed by atoms with Crippen LogP contribution in [0.2, 0.25) is 0 Å². The van der Waals surface area contributed by atoms with E-state index >= 15 is 0 Å². The Kier molecular flexibility index (Phi) is 4.71. The van der Waals surface area contributed by atoms with Gasteiger partial charge in [-0.1, -0.05) is 0 Å². The van der Waals surface area contributed by atoms with Crippen molar-refractivity contribution in [3.05, 3.63) is 23.3 Å². The van der Waals surface area contributed by atoms with Gasteiger partial charge in [-0.25, -0.2) is 4.79 Å². The van der Waals surface area contributed by atoms with E-state index in [0.29, 0.717) is 5.56 Å². The molecule has 0 radical (unpaired) electrons. The van der Waals surface area contributed by atoms with Crippen LogP contribution in [0.15, 0.2) is 12.1 Å². The Morgan fingerprint density at radius 2 is 2.00 bits per heavy atom. The van der Waals surface area contributed by atoms with Crippen LogP contribution in [-0.2, 0) is 16.0 Å². The summed E-state index contributed by atoms with van der Waals surface area (Å²) in [5.41, 5.74) is 5.76. The molecule has 1 unspecified atom stereocenters. The van der Waals surface area contributed by atoms with E-state index in [4.69, 9.17) is 15.6 Å². The number of nitrogens with two attached hydrogens (primary N) is 1. The van der Waals surface area contributed by atoms with Crippen LogP contribution in [0.3, 0.4) is 0 Å². The lowest BCUT2D eigenvalue weighted by Crippen LogP contribution is -2.32. The van der Waals surface area contributed by atoms with Gasteiger partial charge in [0.15, 0.2) is 0 Å². The predicted octanol–water partition coefficient (Wildman–Crippen LogP) is 0.142. The van der Waals surface area contributed by atoms with Crippen LogP contribution in [0.5, 0.6) is 11.5 Å². The number of carbonyl (C=O) groups excluding carboxylic acids is 1. The zero-order chi connectivity index (χ0) is 14.6. The maximum atomic E-state index is 11.4. The summed E-state index contributed by atoms with van der Waals surface area (Å²) in [4.78, 5) is 22.2. The van der Waals surface area contributed by atoms with Crippen LogP contribution in [0.4, 0.5) is 0 Å². The highest BCUT2D eigenvalue weighted by Gasteiger charge is 2.20. The molecule has 0 fully saturated rings. The second-order valence-electron chi connectivity index (χ2n) is 3.82. The third-order valence-electron chi connectivity index (χ3n) is 2.56. The topological polar surface area (TPSA) is 119 Å². The number of hydrogen-bond donors (Lipinski definition) is 3. The number of esters is 1. The second kappa shape index (κ2) is 6.05. The fourth-order valence-corrected chi connectivity index (χ4v) is 1.56. The normalized spacial score (nSPS) is 11.7. The molecule has 7 nitrogen and oxygen atoms in total. The molecule has 0 aliphatic carbocycles. The fraction of sp³-hybridized carbons (Fsp3) is 0.333. The summed E-state index contributed by atoms with van der Waals surface area (Å²) in [5, 5.41) is 18.4. The van der Waals surface area contributed by atoms with E-state index in [1.54, 1.807) is 0 Å². The Morgan fingerprint density at radius 3 is 2.47 bits per heavy atom. The summed E-state index contributed by atoms with van der Waals surface area (Å²) in [6, 6.07) is 1.39. The van der Waals surface area contributed by atoms with E-state index in [2.05, 4.69) is 4.74 Å². The average molecular weight is 269 g/mol. The molecular weight excluding hydrogens is 254 g/mol. The van der Waals surface area contributed by atoms with Crippen molar-refractivity contribution in [1.82, 2.24) is 0 Å². The quantitative estimate of drug-likeness (QED) is 0.650. The van der Waals surface area contributed by atoms with Crippen LogP contribution in [0.25, 0.3) is 0 Å². The van der Waals surface area contributed by atoms with Crippen LogP contribution in [-0.4, -0.2) is 42.4 Å². The first kappa shape index (κ1) is 14.8. The van der Waals surface area contributed by atoms with Gasteiger partial charge in [0.25, 0.3) is 0 Å². The first-order valence-electron chi connectivity index (χ1n) is 5.37. The van der Waals surface area contributed by atoms with Gasteiger partial charge < -0.3 is 25.4 Å². The van der Waals surface area contributed by atoms with Gasteiger partial charge in [0.2, 0.25) is 0 Å². The van der Waals surface area contributed by atoms with Crippen LogP contribution in [0, 0.1) is 0 Å². The Morgan fingerprint density at radius 1 is 1.37 bits per heavy atom. The van der Waals surface area contributed by atoms with Crippen molar-refractivity contribution in [2.24, 2.45) is 5.73 Å². The molecule has 0 saturated heterocycles. The Balaban J connectivity index is 3.20. The summed E-state index contributed by atoms with van der Waals surface area (Å²) in [6.45, 7) is 0. The molecule has 7 heteroatoms. The molecule has 1 aromatic carbocycles. The number of aliphatic carboxylic acids is 1. The number of hydrogen-bond acceptors (Lipinski definition) is 6. The largest absolute Gasteiger partial charge is 0.507 e. The zero-order valence-corrected chi connectivity index (χ0v) is 10.5. The number of phenolic OH excluding ortho intramolecular Hbond substituents is 1. The van der Waals surface area contributed by atoms with Crippen molar-refractivity contribution in [1.29, 1.82) is 0 Å². The molecule has 1 atom stereocenters. The van der Waals surface area contributed by atoms with Crippen molar-refractivity contribution in [3.63, 3.8) is 0 Å². The number of aromatic hydroxyl groups is 1. The highest BCUT2D eigenvalue weighted by Crippen LogP contribution is 2.29. The van der Waals surface area contributed by atoms with Crippen LogP contribution >= 0.6 is 0 Å². The smallest absolute Gasteiger partial charge is 0.341 e. The second-order valence-corrected chi connectivity index (χ2v) is 3.82. The first-order valence-corrected chi connectivity index (χ1v) is 5.37. The predicted molar refractivity (Wildman–Crippen MR) is 65.3 cm³/mol. The molecule has 1 aromatic rings. The summed E-state index contributed by atoms with van der Waals surface area (Å²) in [7, 11) is 2.54.